The van der Waals surface area contributed by atoms with Gasteiger partial charge in [0.15, 0.2) is 0 Å². The topological polar surface area (TPSA) is 18.5 Å². The predicted molar refractivity (Wildman–Crippen MR) is 121 cm³/mol. The van der Waals surface area contributed by atoms with E-state index in [9.17, 15) is 0 Å². The van der Waals surface area contributed by atoms with Crippen LogP contribution in [-0.4, -0.2) is 6.10 Å². The van der Waals surface area contributed by atoms with Crippen LogP contribution in [0.3, 0.4) is 0 Å². The van der Waals surface area contributed by atoms with Gasteiger partial charge in [-0.05, 0) is 86.1 Å². The summed E-state index contributed by atoms with van der Waals surface area (Å²) in [6, 6.07) is 26.9. The zero-order valence-electron chi connectivity index (χ0n) is 18.0. The number of rotatable bonds is 9. The summed E-state index contributed by atoms with van der Waals surface area (Å²) in [4.78, 5) is 0. The lowest BCUT2D eigenvalue weighted by Gasteiger charge is -2.26. The molecular weight excluding hydrogens is 356 g/mol. The standard InChI is InChI=1S/C27H32O2/c1-21(2)28-25-17-15-23(16-18-25)27(3,4)19-9-11-22-10-8-14-26(20-22)29-24-12-6-5-7-13-24/h5-8,10,12-18,20-21H,9,11,19H2,1-4H3. The molecule has 3 rings (SSSR count). The second kappa shape index (κ2) is 9.65. The van der Waals surface area contributed by atoms with Crippen molar-refractivity contribution in [1.29, 1.82) is 0 Å². The van der Waals surface area contributed by atoms with Gasteiger partial charge in [0.2, 0.25) is 0 Å². The van der Waals surface area contributed by atoms with Gasteiger partial charge in [-0.3, -0.25) is 0 Å². The highest BCUT2D eigenvalue weighted by molar-refractivity contribution is 5.34. The molecule has 0 bridgehead atoms. The lowest BCUT2D eigenvalue weighted by atomic mass is 9.80. The monoisotopic (exact) mass is 388 g/mol. The average Bonchev–Trinajstić information content (AvgIpc) is 2.69. The van der Waals surface area contributed by atoms with Crippen LogP contribution in [0.5, 0.6) is 17.2 Å². The van der Waals surface area contributed by atoms with Gasteiger partial charge in [-0.15, -0.1) is 0 Å². The van der Waals surface area contributed by atoms with Gasteiger partial charge in [-0.2, -0.15) is 0 Å². The van der Waals surface area contributed by atoms with E-state index in [0.717, 1.165) is 36.5 Å². The Morgan fingerprint density at radius 2 is 1.45 bits per heavy atom. The molecule has 0 atom stereocenters. The first-order valence-corrected chi connectivity index (χ1v) is 10.5. The number of aryl methyl sites for hydroxylation is 1. The van der Waals surface area contributed by atoms with Crippen molar-refractivity contribution in [3.63, 3.8) is 0 Å². The Morgan fingerprint density at radius 3 is 2.14 bits per heavy atom. The summed E-state index contributed by atoms with van der Waals surface area (Å²) in [6.45, 7) is 8.75. The largest absolute Gasteiger partial charge is 0.491 e. The molecule has 0 spiro atoms. The first-order chi connectivity index (χ1) is 13.9. The third-order valence-corrected chi connectivity index (χ3v) is 5.15. The smallest absolute Gasteiger partial charge is 0.127 e. The molecule has 0 N–H and O–H groups in total. The van der Waals surface area contributed by atoms with E-state index < -0.39 is 0 Å². The first-order valence-electron chi connectivity index (χ1n) is 10.5. The molecule has 0 aromatic heterocycles. The molecular formula is C27H32O2. The van der Waals surface area contributed by atoms with Crippen LogP contribution in [0.4, 0.5) is 0 Å². The van der Waals surface area contributed by atoms with Gasteiger partial charge >= 0.3 is 0 Å². The minimum absolute atomic E-state index is 0.133. The molecule has 0 aliphatic rings. The third kappa shape index (κ3) is 6.39. The fraction of sp³-hybridized carbons (Fsp3) is 0.333. The van der Waals surface area contributed by atoms with Crippen molar-refractivity contribution in [2.24, 2.45) is 0 Å². The van der Waals surface area contributed by atoms with E-state index in [0.29, 0.717) is 0 Å². The molecule has 29 heavy (non-hydrogen) atoms. The summed E-state index contributed by atoms with van der Waals surface area (Å²) >= 11 is 0. The fourth-order valence-electron chi connectivity index (χ4n) is 3.52. The maximum Gasteiger partial charge on any atom is 0.127 e. The maximum atomic E-state index is 5.96. The van der Waals surface area contributed by atoms with E-state index in [1.54, 1.807) is 0 Å². The molecule has 3 aromatic rings. The third-order valence-electron chi connectivity index (χ3n) is 5.15. The molecule has 0 fully saturated rings. The molecule has 0 unspecified atom stereocenters. The van der Waals surface area contributed by atoms with Crippen molar-refractivity contribution < 1.29 is 9.47 Å². The maximum absolute atomic E-state index is 5.96. The number of hydrogen-bond acceptors (Lipinski definition) is 2. The van der Waals surface area contributed by atoms with Crippen molar-refractivity contribution in [3.8, 4) is 17.2 Å². The van der Waals surface area contributed by atoms with Crippen LogP contribution in [0.2, 0.25) is 0 Å². The van der Waals surface area contributed by atoms with Crippen LogP contribution in [0.15, 0.2) is 78.9 Å². The highest BCUT2D eigenvalue weighted by Crippen LogP contribution is 2.31. The summed E-state index contributed by atoms with van der Waals surface area (Å²) in [7, 11) is 0. The van der Waals surface area contributed by atoms with Gasteiger partial charge in [0.05, 0.1) is 6.10 Å². The SMILES string of the molecule is CC(C)Oc1ccc(C(C)(C)CCCc2cccc(Oc3ccccc3)c2)cc1. The molecule has 0 aliphatic carbocycles. The molecule has 0 aliphatic heterocycles. The van der Waals surface area contributed by atoms with Crippen LogP contribution in [0.25, 0.3) is 0 Å². The zero-order valence-corrected chi connectivity index (χ0v) is 18.0. The first kappa shape index (κ1) is 21.0. The normalized spacial score (nSPS) is 11.5. The van der Waals surface area contributed by atoms with Gasteiger partial charge in [0.1, 0.15) is 17.2 Å². The van der Waals surface area contributed by atoms with Gasteiger partial charge in [0.25, 0.3) is 0 Å². The van der Waals surface area contributed by atoms with Gasteiger partial charge < -0.3 is 9.47 Å². The van der Waals surface area contributed by atoms with Crippen molar-refractivity contribution in [2.45, 2.75) is 58.5 Å². The average molecular weight is 389 g/mol. The predicted octanol–water partition coefficient (Wildman–Crippen LogP) is 7.57. The van der Waals surface area contributed by atoms with Crippen molar-refractivity contribution in [1.82, 2.24) is 0 Å². The van der Waals surface area contributed by atoms with E-state index in [2.05, 4.69) is 70.2 Å². The Hall–Kier alpha value is -2.74. The molecule has 0 saturated carbocycles. The molecule has 152 valence electrons. The highest BCUT2D eigenvalue weighted by Gasteiger charge is 2.20. The van der Waals surface area contributed by atoms with E-state index in [4.69, 9.17) is 9.47 Å². The van der Waals surface area contributed by atoms with Crippen molar-refractivity contribution in [3.05, 3.63) is 90.0 Å². The fourth-order valence-corrected chi connectivity index (χ4v) is 3.52. The molecule has 0 radical (unpaired) electrons. The van der Waals surface area contributed by atoms with E-state index >= 15 is 0 Å². The van der Waals surface area contributed by atoms with Crippen LogP contribution >= 0.6 is 0 Å². The molecule has 0 amide bonds. The minimum atomic E-state index is 0.133. The molecule has 2 heteroatoms. The van der Waals surface area contributed by atoms with E-state index in [1.165, 1.54) is 11.1 Å². The summed E-state index contributed by atoms with van der Waals surface area (Å²) in [5.74, 6) is 2.71. The highest BCUT2D eigenvalue weighted by atomic mass is 16.5. The molecule has 3 aromatic carbocycles. The second-order valence-electron chi connectivity index (χ2n) is 8.49. The summed E-state index contributed by atoms with van der Waals surface area (Å²) in [5.41, 5.74) is 2.80. The van der Waals surface area contributed by atoms with Crippen LogP contribution < -0.4 is 9.47 Å². The molecule has 2 nitrogen and oxygen atoms in total. The summed E-state index contributed by atoms with van der Waals surface area (Å²) in [6.07, 6.45) is 3.51. The van der Waals surface area contributed by atoms with Gasteiger partial charge in [-0.1, -0.05) is 56.3 Å². The van der Waals surface area contributed by atoms with Gasteiger partial charge in [-0.25, -0.2) is 0 Å². The number of hydrogen-bond donors (Lipinski definition) is 0. The zero-order chi connectivity index (χ0) is 20.7. The van der Waals surface area contributed by atoms with Crippen LogP contribution in [-0.2, 0) is 11.8 Å². The summed E-state index contributed by atoms with van der Waals surface area (Å²) in [5, 5.41) is 0. The quantitative estimate of drug-likeness (QED) is 0.376. The van der Waals surface area contributed by atoms with Crippen LogP contribution in [0.1, 0.15) is 51.7 Å². The Morgan fingerprint density at radius 1 is 0.759 bits per heavy atom. The Labute approximate surface area is 175 Å². The molecule has 0 saturated heterocycles. The van der Waals surface area contributed by atoms with Gasteiger partial charge in [0, 0.05) is 0 Å². The Kier molecular flexibility index (Phi) is 6.98. The van der Waals surface area contributed by atoms with Crippen molar-refractivity contribution >= 4 is 0 Å². The number of para-hydroxylation sites is 1. The number of benzene rings is 3. The van der Waals surface area contributed by atoms with Crippen molar-refractivity contribution in [2.75, 3.05) is 0 Å². The summed E-state index contributed by atoms with van der Waals surface area (Å²) < 4.78 is 11.7. The van der Waals surface area contributed by atoms with E-state index in [-0.39, 0.29) is 11.5 Å². The lowest BCUT2D eigenvalue weighted by Crippen LogP contribution is -2.17. The van der Waals surface area contributed by atoms with E-state index in [1.807, 2.05) is 36.4 Å². The Balaban J connectivity index is 1.55. The Bertz CT molecular complexity index is 880. The second-order valence-corrected chi connectivity index (χ2v) is 8.49. The lowest BCUT2D eigenvalue weighted by molar-refractivity contribution is 0.242. The molecule has 0 heterocycles. The minimum Gasteiger partial charge on any atom is -0.491 e. The van der Waals surface area contributed by atoms with Crippen LogP contribution in [0, 0.1) is 0 Å². The number of ether oxygens (including phenoxy) is 2.